The molecule has 8 heteroatoms. The topological polar surface area (TPSA) is 62.0 Å². The lowest BCUT2D eigenvalue weighted by atomic mass is 10.1. The molecule has 0 fully saturated rings. The number of alkyl halides is 3. The maximum Gasteiger partial charge on any atom is 0.400 e. The monoisotopic (exact) mass is 312 g/mol. The number of halogens is 4. The fourth-order valence-corrected chi connectivity index (χ4v) is 1.29. The van der Waals surface area contributed by atoms with Crippen molar-refractivity contribution >= 4 is 27.5 Å². The molecule has 1 amide bonds. The van der Waals surface area contributed by atoms with Crippen LogP contribution in [0.4, 0.5) is 18.9 Å². The smallest absolute Gasteiger partial charge is 0.365 e. The summed E-state index contributed by atoms with van der Waals surface area (Å²) in [7, 11) is 0. The van der Waals surface area contributed by atoms with Gasteiger partial charge in [-0.3, -0.25) is 9.59 Å². The maximum absolute atomic E-state index is 12.2. The van der Waals surface area contributed by atoms with E-state index in [-0.39, 0.29) is 10.2 Å². The number of aromatic nitrogens is 1. The van der Waals surface area contributed by atoms with Crippen LogP contribution in [0.5, 0.6) is 0 Å². The minimum absolute atomic E-state index is 0.120. The number of nitrogens with one attached hydrogen (secondary N) is 2. The summed E-state index contributed by atoms with van der Waals surface area (Å²) in [6.45, 7) is 0.724. The number of carbonyl (C=O) groups excluding carboxylic acids is 1. The molecule has 0 radical (unpaired) electrons. The van der Waals surface area contributed by atoms with Crippen molar-refractivity contribution in [2.75, 3.05) is 5.32 Å². The third kappa shape index (κ3) is 3.32. The van der Waals surface area contributed by atoms with Crippen molar-refractivity contribution in [1.82, 2.24) is 4.98 Å². The third-order valence-electron chi connectivity index (χ3n) is 2.04. The molecule has 17 heavy (non-hydrogen) atoms. The Labute approximate surface area is 102 Å². The first-order valence-corrected chi connectivity index (χ1v) is 5.27. The van der Waals surface area contributed by atoms with E-state index in [1.807, 2.05) is 5.32 Å². The number of pyridine rings is 1. The second-order valence-electron chi connectivity index (χ2n) is 3.30. The van der Waals surface area contributed by atoms with Crippen molar-refractivity contribution in [3.8, 4) is 0 Å². The fraction of sp³-hybridized carbons (Fsp3) is 0.333. The predicted octanol–water partition coefficient (Wildman–Crippen LogP) is 2.27. The van der Waals surface area contributed by atoms with Gasteiger partial charge in [0.15, 0.2) is 0 Å². The lowest BCUT2D eigenvalue weighted by Gasteiger charge is -2.14. The summed E-state index contributed by atoms with van der Waals surface area (Å²) >= 11 is 2.90. The average Bonchev–Trinajstić information content (AvgIpc) is 2.22. The third-order valence-corrected chi connectivity index (χ3v) is 2.63. The van der Waals surface area contributed by atoms with E-state index >= 15 is 0 Å². The summed E-state index contributed by atoms with van der Waals surface area (Å²) in [5.74, 6) is -3.46. The summed E-state index contributed by atoms with van der Waals surface area (Å²) in [5, 5.41) is 1.92. The summed E-state index contributed by atoms with van der Waals surface area (Å²) in [6, 6.07) is 0. The van der Waals surface area contributed by atoms with E-state index in [9.17, 15) is 22.8 Å². The van der Waals surface area contributed by atoms with E-state index in [0.717, 1.165) is 13.1 Å². The molecule has 1 rings (SSSR count). The SMILES string of the molecule is CC(C(=O)Nc1c[nH]cc(Br)c1=O)C(F)(F)F. The van der Waals surface area contributed by atoms with Crippen LogP contribution in [0.2, 0.25) is 0 Å². The van der Waals surface area contributed by atoms with Crippen molar-refractivity contribution in [3.63, 3.8) is 0 Å². The van der Waals surface area contributed by atoms with Crippen molar-refractivity contribution in [2.45, 2.75) is 13.1 Å². The van der Waals surface area contributed by atoms with Gasteiger partial charge in [0, 0.05) is 12.4 Å². The Morgan fingerprint density at radius 1 is 1.47 bits per heavy atom. The van der Waals surface area contributed by atoms with Crippen LogP contribution in [0, 0.1) is 5.92 Å². The molecule has 1 aromatic heterocycles. The van der Waals surface area contributed by atoms with Crippen LogP contribution in [-0.2, 0) is 4.79 Å². The molecule has 0 aromatic carbocycles. The number of H-pyrrole nitrogens is 1. The van der Waals surface area contributed by atoms with Crippen LogP contribution >= 0.6 is 15.9 Å². The van der Waals surface area contributed by atoms with Crippen LogP contribution < -0.4 is 10.7 Å². The number of carbonyl (C=O) groups is 1. The minimum atomic E-state index is -4.64. The zero-order valence-electron chi connectivity index (χ0n) is 8.56. The van der Waals surface area contributed by atoms with Gasteiger partial charge in [-0.05, 0) is 22.9 Å². The van der Waals surface area contributed by atoms with Crippen molar-refractivity contribution in [1.29, 1.82) is 0 Å². The van der Waals surface area contributed by atoms with Gasteiger partial charge >= 0.3 is 6.18 Å². The Morgan fingerprint density at radius 3 is 2.59 bits per heavy atom. The maximum atomic E-state index is 12.2. The fourth-order valence-electron chi connectivity index (χ4n) is 0.940. The zero-order chi connectivity index (χ0) is 13.2. The van der Waals surface area contributed by atoms with Crippen molar-refractivity contribution < 1.29 is 18.0 Å². The van der Waals surface area contributed by atoms with Crippen molar-refractivity contribution in [3.05, 3.63) is 27.1 Å². The standard InChI is InChI=1S/C9H8BrF3N2O2/c1-4(9(11,12)13)8(17)15-6-3-14-2-5(10)7(6)16/h2-4H,1H3,(H,14,16)(H,15,17). The molecule has 1 unspecified atom stereocenters. The van der Waals surface area contributed by atoms with Crippen LogP contribution in [0.25, 0.3) is 0 Å². The number of amides is 1. The van der Waals surface area contributed by atoms with Gasteiger partial charge in [-0.2, -0.15) is 13.2 Å². The van der Waals surface area contributed by atoms with Crippen LogP contribution in [-0.4, -0.2) is 17.1 Å². The van der Waals surface area contributed by atoms with E-state index < -0.39 is 23.4 Å². The molecule has 4 nitrogen and oxygen atoms in total. The van der Waals surface area contributed by atoms with Gasteiger partial charge in [0.1, 0.15) is 11.6 Å². The van der Waals surface area contributed by atoms with E-state index in [0.29, 0.717) is 0 Å². The Kier molecular flexibility index (Phi) is 3.97. The molecule has 1 atom stereocenters. The van der Waals surface area contributed by atoms with E-state index in [2.05, 4.69) is 20.9 Å². The molecule has 0 aliphatic carbocycles. The largest absolute Gasteiger partial charge is 0.400 e. The second-order valence-corrected chi connectivity index (χ2v) is 4.15. The zero-order valence-corrected chi connectivity index (χ0v) is 10.1. The summed E-state index contributed by atoms with van der Waals surface area (Å²) in [4.78, 5) is 25.1. The molecular weight excluding hydrogens is 305 g/mol. The number of rotatable bonds is 2. The highest BCUT2D eigenvalue weighted by Crippen LogP contribution is 2.26. The van der Waals surface area contributed by atoms with Crippen LogP contribution in [0.3, 0.4) is 0 Å². The Hall–Kier alpha value is -1.31. The summed E-state index contributed by atoms with van der Waals surface area (Å²) in [5.41, 5.74) is -0.827. The molecule has 1 heterocycles. The van der Waals surface area contributed by atoms with Crippen molar-refractivity contribution in [2.24, 2.45) is 5.92 Å². The molecule has 0 aliphatic rings. The van der Waals surface area contributed by atoms with Gasteiger partial charge < -0.3 is 10.3 Å². The lowest BCUT2D eigenvalue weighted by Crippen LogP contribution is -2.33. The van der Waals surface area contributed by atoms with Gasteiger partial charge in [-0.1, -0.05) is 0 Å². The molecule has 0 spiro atoms. The number of anilines is 1. The molecule has 94 valence electrons. The Morgan fingerprint density at radius 2 is 2.06 bits per heavy atom. The van der Waals surface area contributed by atoms with Gasteiger partial charge in [-0.25, -0.2) is 0 Å². The van der Waals surface area contributed by atoms with Gasteiger partial charge in [0.2, 0.25) is 11.3 Å². The summed E-state index contributed by atoms with van der Waals surface area (Å²) < 4.78 is 36.8. The van der Waals surface area contributed by atoms with Gasteiger partial charge in [-0.15, -0.1) is 0 Å². The minimum Gasteiger partial charge on any atom is -0.365 e. The highest BCUT2D eigenvalue weighted by atomic mass is 79.9. The van der Waals surface area contributed by atoms with Crippen LogP contribution in [0.1, 0.15) is 6.92 Å². The quantitative estimate of drug-likeness (QED) is 0.880. The predicted molar refractivity (Wildman–Crippen MR) is 58.6 cm³/mol. The molecule has 0 aliphatic heterocycles. The van der Waals surface area contributed by atoms with Crippen LogP contribution in [0.15, 0.2) is 21.7 Å². The van der Waals surface area contributed by atoms with E-state index in [1.54, 1.807) is 0 Å². The first-order valence-electron chi connectivity index (χ1n) is 4.47. The van der Waals surface area contributed by atoms with E-state index in [1.165, 1.54) is 6.20 Å². The molecule has 0 saturated carbocycles. The average molecular weight is 313 g/mol. The highest BCUT2D eigenvalue weighted by molar-refractivity contribution is 9.10. The Bertz CT molecular complexity index is 484. The lowest BCUT2D eigenvalue weighted by molar-refractivity contribution is -0.175. The molecule has 0 saturated heterocycles. The van der Waals surface area contributed by atoms with E-state index in [4.69, 9.17) is 0 Å². The Balaban J connectivity index is 2.90. The first-order chi connectivity index (χ1) is 7.73. The normalized spacial score (nSPS) is 13.2. The number of hydrogen-bond acceptors (Lipinski definition) is 2. The molecule has 2 N–H and O–H groups in total. The van der Waals surface area contributed by atoms with Gasteiger partial charge in [0.05, 0.1) is 4.47 Å². The molecule has 1 aromatic rings. The molecule has 0 bridgehead atoms. The number of aromatic amines is 1. The number of hydrogen-bond donors (Lipinski definition) is 2. The van der Waals surface area contributed by atoms with Gasteiger partial charge in [0.25, 0.3) is 0 Å². The highest BCUT2D eigenvalue weighted by Gasteiger charge is 2.41. The summed E-state index contributed by atoms with van der Waals surface area (Å²) in [6.07, 6.45) is -2.21. The second kappa shape index (κ2) is 4.91. The first kappa shape index (κ1) is 13.8. The molecular formula is C9H8BrF3N2O2.